The van der Waals surface area contributed by atoms with Crippen LogP contribution in [0.4, 0.5) is 0 Å². The lowest BCUT2D eigenvalue weighted by molar-refractivity contribution is 0.123. The average molecular weight is 443 g/mol. The molecule has 1 aliphatic heterocycles. The lowest BCUT2D eigenvalue weighted by Crippen LogP contribution is -2.44. The normalized spacial score (nSPS) is 22.3. The number of rotatable bonds is 8. The number of hydrogen-bond donors (Lipinski definition) is 3. The number of nitrogens with one attached hydrogen (secondary N) is 2. The van der Waals surface area contributed by atoms with E-state index in [0.717, 1.165) is 31.9 Å². The molecule has 4 nitrogen and oxygen atoms in total. The van der Waals surface area contributed by atoms with Gasteiger partial charge in [-0.3, -0.25) is 4.99 Å². The van der Waals surface area contributed by atoms with Crippen LogP contribution in [-0.4, -0.2) is 47.8 Å². The first-order chi connectivity index (χ1) is 10.0. The van der Waals surface area contributed by atoms with Crippen LogP contribution in [0.5, 0.6) is 0 Å². The summed E-state index contributed by atoms with van der Waals surface area (Å²) in [4.78, 5) is 4.72. The Bertz CT molecular complexity index is 321. The van der Waals surface area contributed by atoms with Gasteiger partial charge >= 0.3 is 0 Å². The molecule has 0 saturated carbocycles. The molecule has 1 atom stereocenters. The van der Waals surface area contributed by atoms with E-state index >= 15 is 0 Å². The third-order valence-corrected chi connectivity index (χ3v) is 6.22. The first kappa shape index (κ1) is 22.3. The molecule has 0 spiro atoms. The van der Waals surface area contributed by atoms with Gasteiger partial charge in [-0.25, -0.2) is 0 Å². The maximum atomic E-state index is 9.65. The number of hydrogen-bond acceptors (Lipinski definition) is 3. The quantitative estimate of drug-likeness (QED) is 0.306. The van der Waals surface area contributed by atoms with Crippen LogP contribution in [-0.2, 0) is 0 Å². The first-order valence-corrected chi connectivity index (χ1v) is 9.28. The lowest BCUT2D eigenvalue weighted by Gasteiger charge is -2.28. The van der Waals surface area contributed by atoms with E-state index in [9.17, 15) is 5.11 Å². The molecule has 0 aromatic rings. The Kier molecular flexibility index (Phi) is 11.1. The Morgan fingerprint density at radius 2 is 1.95 bits per heavy atom. The highest BCUT2D eigenvalue weighted by Crippen LogP contribution is 2.36. The summed E-state index contributed by atoms with van der Waals surface area (Å²) < 4.78 is 0.333. The van der Waals surface area contributed by atoms with Crippen molar-refractivity contribution in [2.45, 2.75) is 58.1 Å². The smallest absolute Gasteiger partial charge is 0.191 e. The van der Waals surface area contributed by atoms with Crippen molar-refractivity contribution in [2.75, 3.05) is 32.0 Å². The third kappa shape index (κ3) is 6.83. The van der Waals surface area contributed by atoms with Gasteiger partial charge in [0.2, 0.25) is 0 Å². The molecular formula is C16H34IN3OS. The molecule has 1 aliphatic rings. The van der Waals surface area contributed by atoms with Crippen molar-refractivity contribution in [1.29, 1.82) is 0 Å². The van der Waals surface area contributed by atoms with Crippen LogP contribution in [0.2, 0.25) is 0 Å². The van der Waals surface area contributed by atoms with Crippen LogP contribution in [0.3, 0.4) is 0 Å². The summed E-state index contributed by atoms with van der Waals surface area (Å²) in [5.74, 6) is 2.15. The number of aliphatic imine (C=N–C) groups is 1. The largest absolute Gasteiger partial charge is 0.396 e. The fourth-order valence-corrected chi connectivity index (χ4v) is 3.83. The fraction of sp³-hybridized carbons (Fsp3) is 0.938. The molecule has 1 saturated heterocycles. The maximum absolute atomic E-state index is 9.65. The number of halogens is 1. The summed E-state index contributed by atoms with van der Waals surface area (Å²) >= 11 is 2.06. The molecule has 6 heteroatoms. The minimum atomic E-state index is -0.0750. The molecule has 0 radical (unpaired) electrons. The number of aliphatic hydroxyl groups excluding tert-OH is 1. The average Bonchev–Trinajstić information content (AvgIpc) is 2.94. The standard InChI is InChI=1S/C16H33N3OS.HI/c1-5-16(6-2,13-20)12-19-14(17-7-3)18-11-15(4)9-8-10-21-15;/h20H,5-13H2,1-4H3,(H2,17,18,19);1H. The topological polar surface area (TPSA) is 56.7 Å². The molecule has 1 fully saturated rings. The molecule has 0 aliphatic carbocycles. The van der Waals surface area contributed by atoms with Gasteiger partial charge in [-0.2, -0.15) is 11.8 Å². The van der Waals surface area contributed by atoms with Gasteiger partial charge in [0.25, 0.3) is 0 Å². The lowest BCUT2D eigenvalue weighted by atomic mass is 9.83. The number of nitrogens with zero attached hydrogens (tertiary/aromatic N) is 1. The molecule has 1 heterocycles. The molecule has 22 heavy (non-hydrogen) atoms. The summed E-state index contributed by atoms with van der Waals surface area (Å²) in [5, 5.41) is 16.5. The molecule has 0 aromatic heterocycles. The van der Waals surface area contributed by atoms with E-state index < -0.39 is 0 Å². The van der Waals surface area contributed by atoms with Crippen LogP contribution in [0.15, 0.2) is 4.99 Å². The van der Waals surface area contributed by atoms with Gasteiger partial charge in [0.1, 0.15) is 0 Å². The molecule has 1 rings (SSSR count). The van der Waals surface area contributed by atoms with Crippen molar-refractivity contribution in [3.05, 3.63) is 0 Å². The number of aliphatic hydroxyl groups is 1. The van der Waals surface area contributed by atoms with Gasteiger partial charge in [0.05, 0.1) is 13.2 Å². The molecule has 3 N–H and O–H groups in total. The zero-order chi connectivity index (χ0) is 15.8. The second-order valence-electron chi connectivity index (χ2n) is 6.32. The second-order valence-corrected chi connectivity index (χ2v) is 8.00. The van der Waals surface area contributed by atoms with E-state index in [4.69, 9.17) is 4.99 Å². The van der Waals surface area contributed by atoms with Crippen LogP contribution in [0.1, 0.15) is 53.4 Å². The predicted octanol–water partition coefficient (Wildman–Crippen LogP) is 3.24. The van der Waals surface area contributed by atoms with Crippen molar-refractivity contribution >= 4 is 41.7 Å². The Hall–Kier alpha value is 0.310. The Balaban J connectivity index is 0.00000441. The second kappa shape index (κ2) is 11.0. The molecule has 0 aromatic carbocycles. The van der Waals surface area contributed by atoms with Crippen LogP contribution >= 0.6 is 35.7 Å². The summed E-state index contributed by atoms with van der Waals surface area (Å²) in [5.41, 5.74) is -0.0750. The monoisotopic (exact) mass is 443 g/mol. The zero-order valence-corrected chi connectivity index (χ0v) is 17.7. The molecular weight excluding hydrogens is 409 g/mol. The van der Waals surface area contributed by atoms with E-state index in [2.05, 4.69) is 50.1 Å². The summed E-state index contributed by atoms with van der Waals surface area (Å²) in [6.07, 6.45) is 4.50. The molecule has 132 valence electrons. The van der Waals surface area contributed by atoms with Crippen molar-refractivity contribution in [1.82, 2.24) is 10.6 Å². The first-order valence-electron chi connectivity index (χ1n) is 8.30. The van der Waals surface area contributed by atoms with Gasteiger partial charge in [-0.15, -0.1) is 24.0 Å². The molecule has 0 amide bonds. The van der Waals surface area contributed by atoms with Gasteiger partial charge in [0.15, 0.2) is 5.96 Å². The van der Waals surface area contributed by atoms with Crippen LogP contribution in [0.25, 0.3) is 0 Å². The minimum Gasteiger partial charge on any atom is -0.396 e. The number of thioether (sulfide) groups is 1. The van der Waals surface area contributed by atoms with Crippen LogP contribution < -0.4 is 10.6 Å². The van der Waals surface area contributed by atoms with E-state index in [1.54, 1.807) is 0 Å². The molecule has 1 unspecified atom stereocenters. The van der Waals surface area contributed by atoms with Gasteiger partial charge < -0.3 is 15.7 Å². The highest BCUT2D eigenvalue weighted by atomic mass is 127. The third-order valence-electron chi connectivity index (χ3n) is 4.68. The summed E-state index contributed by atoms with van der Waals surface area (Å²) in [6, 6.07) is 0. The van der Waals surface area contributed by atoms with Crippen molar-refractivity contribution < 1.29 is 5.11 Å². The summed E-state index contributed by atoms with van der Waals surface area (Å²) in [7, 11) is 0. The minimum absolute atomic E-state index is 0. The Morgan fingerprint density at radius 3 is 2.41 bits per heavy atom. The van der Waals surface area contributed by atoms with Crippen molar-refractivity contribution in [3.63, 3.8) is 0 Å². The highest BCUT2D eigenvalue weighted by molar-refractivity contribution is 14.0. The highest BCUT2D eigenvalue weighted by Gasteiger charge is 2.29. The summed E-state index contributed by atoms with van der Waals surface area (Å²) in [6.45, 7) is 11.4. The Labute approximate surface area is 157 Å². The Morgan fingerprint density at radius 1 is 1.27 bits per heavy atom. The fourth-order valence-electron chi connectivity index (χ4n) is 2.58. The number of guanidine groups is 1. The van der Waals surface area contributed by atoms with Gasteiger partial charge in [0, 0.05) is 23.3 Å². The van der Waals surface area contributed by atoms with Crippen molar-refractivity contribution in [3.8, 4) is 0 Å². The van der Waals surface area contributed by atoms with E-state index in [0.29, 0.717) is 11.3 Å². The van der Waals surface area contributed by atoms with Crippen LogP contribution in [0, 0.1) is 5.41 Å². The van der Waals surface area contributed by atoms with Crippen molar-refractivity contribution in [2.24, 2.45) is 10.4 Å². The van der Waals surface area contributed by atoms with E-state index in [1.807, 2.05) is 0 Å². The van der Waals surface area contributed by atoms with Gasteiger partial charge in [-0.1, -0.05) is 13.8 Å². The van der Waals surface area contributed by atoms with Gasteiger partial charge in [-0.05, 0) is 45.3 Å². The maximum Gasteiger partial charge on any atom is 0.191 e. The predicted molar refractivity (Wildman–Crippen MR) is 110 cm³/mol. The molecule has 0 bridgehead atoms. The zero-order valence-electron chi connectivity index (χ0n) is 14.6. The van der Waals surface area contributed by atoms with E-state index in [-0.39, 0.29) is 36.0 Å². The van der Waals surface area contributed by atoms with E-state index in [1.165, 1.54) is 18.6 Å². The SMILES string of the molecule is CCNC(=NCC(CC)(CC)CO)NCC1(C)CCCS1.I.